The first kappa shape index (κ1) is 12.7. The molecule has 0 fully saturated rings. The molecule has 0 aliphatic rings. The number of nitrogens with zero attached hydrogens (tertiary/aromatic N) is 1. The number of aromatic nitrogens is 1. The molecule has 3 N–H and O–H groups in total. The van der Waals surface area contributed by atoms with E-state index in [1.54, 1.807) is 12.3 Å². The maximum atomic E-state index is 5.89. The highest BCUT2D eigenvalue weighted by Crippen LogP contribution is 2.29. The summed E-state index contributed by atoms with van der Waals surface area (Å²) in [6, 6.07) is 9.82. The number of hydrogen-bond donors (Lipinski definition) is 2. The number of hydrogen-bond acceptors (Lipinski definition) is 3. The fourth-order valence-electron chi connectivity index (χ4n) is 1.80. The topological polar surface area (TPSA) is 50.9 Å². The molecule has 0 saturated carbocycles. The second-order valence-corrected chi connectivity index (χ2v) is 4.89. The first-order valence-electron chi connectivity index (χ1n) is 5.85. The van der Waals surface area contributed by atoms with Gasteiger partial charge >= 0.3 is 0 Å². The summed E-state index contributed by atoms with van der Waals surface area (Å²) in [6.07, 6.45) is 1.58. The third kappa shape index (κ3) is 2.74. The Kier molecular flexibility index (Phi) is 3.72. The van der Waals surface area contributed by atoms with Gasteiger partial charge in [0.15, 0.2) is 5.82 Å². The van der Waals surface area contributed by atoms with Gasteiger partial charge in [0.25, 0.3) is 0 Å². The molecule has 0 aliphatic carbocycles. The molecule has 2 rings (SSSR count). The predicted molar refractivity (Wildman–Crippen MR) is 77.5 cm³/mol. The summed E-state index contributed by atoms with van der Waals surface area (Å²) in [4.78, 5) is 4.21. The van der Waals surface area contributed by atoms with Crippen LogP contribution >= 0.6 is 11.6 Å². The Morgan fingerprint density at radius 3 is 2.67 bits per heavy atom. The number of benzene rings is 1. The van der Waals surface area contributed by atoms with E-state index in [1.807, 2.05) is 18.2 Å². The van der Waals surface area contributed by atoms with Crippen LogP contribution in [0, 0.1) is 0 Å². The number of para-hydroxylation sites is 1. The van der Waals surface area contributed by atoms with Crippen molar-refractivity contribution in [3.05, 3.63) is 47.1 Å². The fourth-order valence-corrected chi connectivity index (χ4v) is 1.97. The zero-order valence-corrected chi connectivity index (χ0v) is 11.2. The van der Waals surface area contributed by atoms with Crippen molar-refractivity contribution in [2.45, 2.75) is 19.8 Å². The molecule has 1 heterocycles. The molecule has 0 aliphatic heterocycles. The fraction of sp³-hybridized carbons (Fsp3) is 0.214. The molecular formula is C14H16ClN3. The van der Waals surface area contributed by atoms with Gasteiger partial charge in [-0.3, -0.25) is 0 Å². The summed E-state index contributed by atoms with van der Waals surface area (Å²) < 4.78 is 0. The molecule has 1 aromatic heterocycles. The molecule has 0 radical (unpaired) electrons. The highest BCUT2D eigenvalue weighted by molar-refractivity contribution is 6.30. The van der Waals surface area contributed by atoms with Gasteiger partial charge in [0, 0.05) is 11.9 Å². The Balaban J connectivity index is 2.34. The molecule has 0 bridgehead atoms. The van der Waals surface area contributed by atoms with Crippen LogP contribution in [0.1, 0.15) is 25.3 Å². The molecule has 0 spiro atoms. The molecular weight excluding hydrogens is 246 g/mol. The van der Waals surface area contributed by atoms with E-state index in [2.05, 4.69) is 30.2 Å². The van der Waals surface area contributed by atoms with Crippen LogP contribution in [0.4, 0.5) is 17.2 Å². The Bertz CT molecular complexity index is 552. The number of nitrogens with one attached hydrogen (secondary N) is 1. The maximum absolute atomic E-state index is 5.89. The molecule has 0 atom stereocenters. The average molecular weight is 262 g/mol. The Hall–Kier alpha value is -1.74. The maximum Gasteiger partial charge on any atom is 0.153 e. The number of nitrogen functional groups attached to an aromatic ring is 1. The van der Waals surface area contributed by atoms with Gasteiger partial charge in [-0.1, -0.05) is 43.6 Å². The van der Waals surface area contributed by atoms with Crippen LogP contribution in [0.2, 0.25) is 5.02 Å². The number of rotatable bonds is 3. The van der Waals surface area contributed by atoms with Crippen molar-refractivity contribution in [2.75, 3.05) is 11.1 Å². The van der Waals surface area contributed by atoms with Crippen molar-refractivity contribution in [2.24, 2.45) is 0 Å². The van der Waals surface area contributed by atoms with E-state index in [-0.39, 0.29) is 0 Å². The molecule has 94 valence electrons. The summed E-state index contributed by atoms with van der Waals surface area (Å²) in [5.41, 5.74) is 8.68. The highest BCUT2D eigenvalue weighted by atomic mass is 35.5. The van der Waals surface area contributed by atoms with Crippen molar-refractivity contribution in [3.63, 3.8) is 0 Å². The second kappa shape index (κ2) is 5.27. The smallest absolute Gasteiger partial charge is 0.153 e. The van der Waals surface area contributed by atoms with Gasteiger partial charge < -0.3 is 11.1 Å². The highest BCUT2D eigenvalue weighted by Gasteiger charge is 2.08. The number of pyridine rings is 1. The molecule has 2 aromatic rings. The minimum absolute atomic E-state index is 0.433. The first-order chi connectivity index (χ1) is 8.58. The van der Waals surface area contributed by atoms with E-state index in [0.29, 0.717) is 22.4 Å². The third-order valence-corrected chi connectivity index (χ3v) is 2.93. The molecule has 4 heteroatoms. The van der Waals surface area contributed by atoms with Crippen LogP contribution in [-0.2, 0) is 0 Å². The summed E-state index contributed by atoms with van der Waals surface area (Å²) in [7, 11) is 0. The van der Waals surface area contributed by atoms with Gasteiger partial charge in [-0.25, -0.2) is 4.98 Å². The lowest BCUT2D eigenvalue weighted by molar-refractivity contribution is 0.869. The minimum atomic E-state index is 0.433. The van der Waals surface area contributed by atoms with Crippen molar-refractivity contribution in [1.82, 2.24) is 4.98 Å². The van der Waals surface area contributed by atoms with Gasteiger partial charge in [0.05, 0.1) is 10.7 Å². The van der Waals surface area contributed by atoms with E-state index < -0.39 is 0 Å². The van der Waals surface area contributed by atoms with Crippen LogP contribution in [0.15, 0.2) is 36.5 Å². The van der Waals surface area contributed by atoms with E-state index in [4.69, 9.17) is 17.3 Å². The monoisotopic (exact) mass is 261 g/mol. The summed E-state index contributed by atoms with van der Waals surface area (Å²) in [5, 5.41) is 3.79. The van der Waals surface area contributed by atoms with Crippen molar-refractivity contribution in [3.8, 4) is 0 Å². The summed E-state index contributed by atoms with van der Waals surface area (Å²) >= 11 is 5.83. The van der Waals surface area contributed by atoms with Gasteiger partial charge in [-0.05, 0) is 23.6 Å². The normalized spacial score (nSPS) is 10.7. The molecule has 1 aromatic carbocycles. The average Bonchev–Trinajstić information content (AvgIpc) is 2.33. The van der Waals surface area contributed by atoms with Crippen molar-refractivity contribution >= 4 is 28.8 Å². The second-order valence-electron chi connectivity index (χ2n) is 4.46. The number of anilines is 3. The molecule has 0 unspecified atom stereocenters. The lowest BCUT2D eigenvalue weighted by Gasteiger charge is -2.15. The lowest BCUT2D eigenvalue weighted by Crippen LogP contribution is -2.02. The standard InChI is InChI=1S/C14H16ClN3/c1-9(2)11-5-3-4-6-13(11)18-14-12(16)7-10(15)8-17-14/h3-9H,16H2,1-2H3,(H,17,18). The molecule has 0 saturated heterocycles. The van der Waals surface area contributed by atoms with Gasteiger partial charge in [0.2, 0.25) is 0 Å². The SMILES string of the molecule is CC(C)c1ccccc1Nc1ncc(Cl)cc1N. The van der Waals surface area contributed by atoms with Crippen LogP contribution < -0.4 is 11.1 Å². The zero-order valence-electron chi connectivity index (χ0n) is 10.4. The van der Waals surface area contributed by atoms with Crippen LogP contribution in [0.3, 0.4) is 0 Å². The van der Waals surface area contributed by atoms with Gasteiger partial charge in [0.1, 0.15) is 0 Å². The van der Waals surface area contributed by atoms with Crippen molar-refractivity contribution in [1.29, 1.82) is 0 Å². The van der Waals surface area contributed by atoms with Gasteiger partial charge in [-0.2, -0.15) is 0 Å². The summed E-state index contributed by atoms with van der Waals surface area (Å²) in [6.45, 7) is 4.30. The van der Waals surface area contributed by atoms with Crippen LogP contribution in [0.25, 0.3) is 0 Å². The number of halogens is 1. The van der Waals surface area contributed by atoms with E-state index in [1.165, 1.54) is 5.56 Å². The summed E-state index contributed by atoms with van der Waals surface area (Å²) in [5.74, 6) is 1.06. The quantitative estimate of drug-likeness (QED) is 0.871. The Morgan fingerprint density at radius 2 is 2.00 bits per heavy atom. The van der Waals surface area contributed by atoms with E-state index >= 15 is 0 Å². The molecule has 18 heavy (non-hydrogen) atoms. The Labute approximate surface area is 112 Å². The first-order valence-corrected chi connectivity index (χ1v) is 6.22. The largest absolute Gasteiger partial charge is 0.396 e. The van der Waals surface area contributed by atoms with E-state index in [0.717, 1.165) is 5.69 Å². The zero-order chi connectivity index (χ0) is 13.1. The lowest BCUT2D eigenvalue weighted by atomic mass is 10.0. The van der Waals surface area contributed by atoms with Gasteiger partial charge in [-0.15, -0.1) is 0 Å². The minimum Gasteiger partial charge on any atom is -0.396 e. The van der Waals surface area contributed by atoms with Crippen LogP contribution in [0.5, 0.6) is 0 Å². The predicted octanol–water partition coefficient (Wildman–Crippen LogP) is 4.18. The number of nitrogens with two attached hydrogens (primary N) is 1. The third-order valence-electron chi connectivity index (χ3n) is 2.72. The van der Waals surface area contributed by atoms with Crippen LogP contribution in [-0.4, -0.2) is 4.98 Å². The molecule has 0 amide bonds. The Morgan fingerprint density at radius 1 is 1.28 bits per heavy atom. The van der Waals surface area contributed by atoms with E-state index in [9.17, 15) is 0 Å². The van der Waals surface area contributed by atoms with Crippen molar-refractivity contribution < 1.29 is 0 Å². The molecule has 3 nitrogen and oxygen atoms in total.